The Morgan fingerprint density at radius 1 is 1.35 bits per heavy atom. The van der Waals surface area contributed by atoms with Crippen molar-refractivity contribution in [2.75, 3.05) is 18.4 Å². The second-order valence-corrected chi connectivity index (χ2v) is 6.70. The summed E-state index contributed by atoms with van der Waals surface area (Å²) < 4.78 is 41.2. The first-order chi connectivity index (χ1) is 12.2. The SMILES string of the molecule is CC(C)c1cnn2c(NC3CCN(C(=O)O)CC3)cc(C(F)(F)F)nc12. The molecule has 142 valence electrons. The Bertz CT molecular complexity index is 810. The topological polar surface area (TPSA) is 82.8 Å². The first kappa shape index (κ1) is 18.3. The number of amides is 1. The first-order valence-corrected chi connectivity index (χ1v) is 8.37. The molecule has 0 atom stereocenters. The molecule has 1 saturated heterocycles. The summed E-state index contributed by atoms with van der Waals surface area (Å²) in [7, 11) is 0. The van der Waals surface area contributed by atoms with E-state index in [0.717, 1.165) is 6.07 Å². The van der Waals surface area contributed by atoms with Crippen molar-refractivity contribution in [2.24, 2.45) is 0 Å². The van der Waals surface area contributed by atoms with Gasteiger partial charge in [-0.2, -0.15) is 22.8 Å². The summed E-state index contributed by atoms with van der Waals surface area (Å²) in [5, 5.41) is 16.3. The molecule has 1 aliphatic rings. The zero-order chi connectivity index (χ0) is 19.1. The molecule has 10 heteroatoms. The van der Waals surface area contributed by atoms with Crippen LogP contribution in [0.5, 0.6) is 0 Å². The lowest BCUT2D eigenvalue weighted by Gasteiger charge is -2.31. The average molecular weight is 371 g/mol. The number of likely N-dealkylation sites (tertiary alicyclic amines) is 1. The molecule has 1 amide bonds. The Hall–Kier alpha value is -2.52. The molecule has 0 spiro atoms. The van der Waals surface area contributed by atoms with Crippen molar-refractivity contribution in [3.05, 3.63) is 23.5 Å². The molecule has 0 radical (unpaired) electrons. The zero-order valence-corrected chi connectivity index (χ0v) is 14.4. The monoisotopic (exact) mass is 371 g/mol. The average Bonchev–Trinajstić information content (AvgIpc) is 2.99. The number of carboxylic acid groups (broad SMARTS) is 1. The number of piperidine rings is 1. The number of carbonyl (C=O) groups is 1. The molecular formula is C16H20F3N5O2. The van der Waals surface area contributed by atoms with Crippen LogP contribution in [0.15, 0.2) is 12.3 Å². The van der Waals surface area contributed by atoms with Gasteiger partial charge in [-0.15, -0.1) is 0 Å². The summed E-state index contributed by atoms with van der Waals surface area (Å²) in [5.74, 6) is 0.193. The van der Waals surface area contributed by atoms with Crippen LogP contribution in [0.4, 0.5) is 23.8 Å². The fourth-order valence-electron chi connectivity index (χ4n) is 3.06. The lowest BCUT2D eigenvalue weighted by molar-refractivity contribution is -0.141. The van der Waals surface area contributed by atoms with Gasteiger partial charge in [-0.1, -0.05) is 13.8 Å². The van der Waals surface area contributed by atoms with Gasteiger partial charge >= 0.3 is 12.3 Å². The van der Waals surface area contributed by atoms with Crippen LogP contribution in [0.25, 0.3) is 5.65 Å². The molecule has 0 aliphatic carbocycles. The van der Waals surface area contributed by atoms with Crippen LogP contribution >= 0.6 is 0 Å². The maximum Gasteiger partial charge on any atom is 0.433 e. The number of aromatic nitrogens is 3. The highest BCUT2D eigenvalue weighted by molar-refractivity contribution is 5.65. The maximum absolute atomic E-state index is 13.3. The minimum absolute atomic E-state index is 0.0184. The van der Waals surface area contributed by atoms with Crippen molar-refractivity contribution >= 4 is 17.6 Å². The molecule has 1 fully saturated rings. The van der Waals surface area contributed by atoms with E-state index in [4.69, 9.17) is 5.11 Å². The molecule has 0 unspecified atom stereocenters. The third kappa shape index (κ3) is 3.54. The zero-order valence-electron chi connectivity index (χ0n) is 14.4. The van der Waals surface area contributed by atoms with Crippen LogP contribution < -0.4 is 5.32 Å². The number of halogens is 3. The highest BCUT2D eigenvalue weighted by Crippen LogP contribution is 2.32. The molecule has 2 N–H and O–H groups in total. The maximum atomic E-state index is 13.3. The van der Waals surface area contributed by atoms with Crippen LogP contribution in [0, 0.1) is 0 Å². The fourth-order valence-corrected chi connectivity index (χ4v) is 3.06. The van der Waals surface area contributed by atoms with E-state index >= 15 is 0 Å². The van der Waals surface area contributed by atoms with E-state index in [9.17, 15) is 18.0 Å². The van der Waals surface area contributed by atoms with Crippen LogP contribution in [0.2, 0.25) is 0 Å². The lowest BCUT2D eigenvalue weighted by Crippen LogP contribution is -2.42. The smallest absolute Gasteiger partial charge is 0.433 e. The number of hydrogen-bond donors (Lipinski definition) is 2. The van der Waals surface area contributed by atoms with Gasteiger partial charge in [0.05, 0.1) is 6.20 Å². The lowest BCUT2D eigenvalue weighted by atomic mass is 10.1. The van der Waals surface area contributed by atoms with Gasteiger partial charge in [-0.25, -0.2) is 9.78 Å². The Morgan fingerprint density at radius 3 is 2.54 bits per heavy atom. The summed E-state index contributed by atoms with van der Waals surface area (Å²) in [6.07, 6.45) is -3.00. The van der Waals surface area contributed by atoms with E-state index in [1.54, 1.807) is 0 Å². The number of hydrogen-bond acceptors (Lipinski definition) is 4. The number of rotatable bonds is 3. The second kappa shape index (κ2) is 6.65. The van der Waals surface area contributed by atoms with E-state index in [2.05, 4.69) is 15.4 Å². The fraction of sp³-hybridized carbons (Fsp3) is 0.562. The van der Waals surface area contributed by atoms with Crippen molar-refractivity contribution < 1.29 is 23.1 Å². The standard InChI is InChI=1S/C16H20F3N5O2/c1-9(2)11-8-20-24-13(7-12(16(17,18)19)22-14(11)24)21-10-3-5-23(6-4-10)15(25)26/h7-10,21H,3-6H2,1-2H3,(H,25,26). The van der Waals surface area contributed by atoms with E-state index in [1.165, 1.54) is 15.6 Å². The number of alkyl halides is 3. The van der Waals surface area contributed by atoms with Gasteiger partial charge in [0.2, 0.25) is 0 Å². The summed E-state index contributed by atoms with van der Waals surface area (Å²) >= 11 is 0. The molecule has 0 bridgehead atoms. The molecule has 3 heterocycles. The number of fused-ring (bicyclic) bond motifs is 1. The number of nitrogens with zero attached hydrogens (tertiary/aromatic N) is 4. The normalized spacial score (nSPS) is 16.5. The van der Waals surface area contributed by atoms with Gasteiger partial charge in [0, 0.05) is 30.8 Å². The molecule has 26 heavy (non-hydrogen) atoms. The van der Waals surface area contributed by atoms with Crippen molar-refractivity contribution in [1.82, 2.24) is 19.5 Å². The van der Waals surface area contributed by atoms with Crippen LogP contribution in [0.1, 0.15) is 43.9 Å². The Kier molecular flexibility index (Phi) is 4.68. The van der Waals surface area contributed by atoms with Gasteiger partial charge in [-0.3, -0.25) is 0 Å². The largest absolute Gasteiger partial charge is 0.465 e. The van der Waals surface area contributed by atoms with Crippen molar-refractivity contribution in [2.45, 2.75) is 44.8 Å². The minimum Gasteiger partial charge on any atom is -0.465 e. The van der Waals surface area contributed by atoms with E-state index < -0.39 is 18.0 Å². The molecule has 7 nitrogen and oxygen atoms in total. The molecule has 3 rings (SSSR count). The molecule has 0 saturated carbocycles. The summed E-state index contributed by atoms with van der Waals surface area (Å²) in [6, 6.07) is 0.817. The predicted octanol–water partition coefficient (Wildman–Crippen LogP) is 3.43. The van der Waals surface area contributed by atoms with E-state index in [-0.39, 0.29) is 23.4 Å². The summed E-state index contributed by atoms with van der Waals surface area (Å²) in [5.41, 5.74) is -0.155. The Balaban J connectivity index is 1.93. The number of nitrogens with one attached hydrogen (secondary N) is 1. The quantitative estimate of drug-likeness (QED) is 0.864. The summed E-state index contributed by atoms with van der Waals surface area (Å²) in [4.78, 5) is 16.0. The third-order valence-electron chi connectivity index (χ3n) is 4.53. The van der Waals surface area contributed by atoms with Gasteiger partial charge in [0.15, 0.2) is 11.3 Å². The van der Waals surface area contributed by atoms with E-state index in [1.807, 2.05) is 13.8 Å². The van der Waals surface area contributed by atoms with Crippen LogP contribution in [-0.4, -0.2) is 49.8 Å². The second-order valence-electron chi connectivity index (χ2n) is 6.70. The highest BCUT2D eigenvalue weighted by atomic mass is 19.4. The first-order valence-electron chi connectivity index (χ1n) is 8.37. The van der Waals surface area contributed by atoms with Crippen LogP contribution in [0.3, 0.4) is 0 Å². The van der Waals surface area contributed by atoms with Gasteiger partial charge < -0.3 is 15.3 Å². The molecular weight excluding hydrogens is 351 g/mol. The van der Waals surface area contributed by atoms with Crippen LogP contribution in [-0.2, 0) is 6.18 Å². The van der Waals surface area contributed by atoms with Gasteiger partial charge in [0.25, 0.3) is 0 Å². The predicted molar refractivity (Wildman–Crippen MR) is 88.3 cm³/mol. The van der Waals surface area contributed by atoms with E-state index in [0.29, 0.717) is 31.5 Å². The number of anilines is 1. The van der Waals surface area contributed by atoms with Gasteiger partial charge in [0.1, 0.15) is 5.82 Å². The Morgan fingerprint density at radius 2 is 2.00 bits per heavy atom. The highest BCUT2D eigenvalue weighted by Gasteiger charge is 2.34. The molecule has 2 aromatic heterocycles. The summed E-state index contributed by atoms with van der Waals surface area (Å²) in [6.45, 7) is 4.41. The van der Waals surface area contributed by atoms with Crippen molar-refractivity contribution in [1.29, 1.82) is 0 Å². The molecule has 0 aromatic carbocycles. The molecule has 1 aliphatic heterocycles. The minimum atomic E-state index is -4.57. The third-order valence-corrected chi connectivity index (χ3v) is 4.53. The van der Waals surface area contributed by atoms with Crippen molar-refractivity contribution in [3.8, 4) is 0 Å². The molecule has 2 aromatic rings. The Labute approximate surface area is 147 Å². The van der Waals surface area contributed by atoms with Gasteiger partial charge in [-0.05, 0) is 18.8 Å². The van der Waals surface area contributed by atoms with Crippen molar-refractivity contribution in [3.63, 3.8) is 0 Å².